The number of rotatable bonds is 4. The molecule has 110 valence electrons. The highest BCUT2D eigenvalue weighted by molar-refractivity contribution is 8.00. The second kappa shape index (κ2) is 7.21. The van der Waals surface area contributed by atoms with Gasteiger partial charge in [0.2, 0.25) is 5.91 Å². The summed E-state index contributed by atoms with van der Waals surface area (Å²) in [6, 6.07) is 13.0. The first-order valence-electron chi connectivity index (χ1n) is 6.46. The third kappa shape index (κ3) is 4.16. The van der Waals surface area contributed by atoms with Crippen LogP contribution < -0.4 is 5.32 Å². The van der Waals surface area contributed by atoms with Crippen LogP contribution >= 0.6 is 35.0 Å². The fourth-order valence-electron chi connectivity index (χ4n) is 1.77. The molecule has 0 bridgehead atoms. The molecule has 1 N–H and O–H groups in total. The van der Waals surface area contributed by atoms with Crippen LogP contribution in [0.5, 0.6) is 0 Å². The Morgan fingerprint density at radius 3 is 2.33 bits per heavy atom. The van der Waals surface area contributed by atoms with Crippen molar-refractivity contribution in [2.45, 2.75) is 24.0 Å². The lowest BCUT2D eigenvalue weighted by molar-refractivity contribution is -0.115. The summed E-state index contributed by atoms with van der Waals surface area (Å²) >= 11 is 13.6. The minimum Gasteiger partial charge on any atom is -0.325 e. The number of anilines is 1. The van der Waals surface area contributed by atoms with Gasteiger partial charge in [-0.15, -0.1) is 11.8 Å². The van der Waals surface area contributed by atoms with Crippen LogP contribution in [-0.4, -0.2) is 11.2 Å². The van der Waals surface area contributed by atoms with E-state index in [-0.39, 0.29) is 11.2 Å². The van der Waals surface area contributed by atoms with Crippen LogP contribution in [0.2, 0.25) is 10.0 Å². The van der Waals surface area contributed by atoms with Crippen molar-refractivity contribution in [2.75, 3.05) is 5.32 Å². The highest BCUT2D eigenvalue weighted by Crippen LogP contribution is 2.36. The summed E-state index contributed by atoms with van der Waals surface area (Å²) in [5.74, 6) is -0.0784. The zero-order valence-electron chi connectivity index (χ0n) is 11.7. The summed E-state index contributed by atoms with van der Waals surface area (Å²) in [6.45, 7) is 3.79. The molecule has 0 aliphatic heterocycles. The summed E-state index contributed by atoms with van der Waals surface area (Å²) < 4.78 is 0. The van der Waals surface area contributed by atoms with Gasteiger partial charge in [-0.2, -0.15) is 0 Å². The molecule has 5 heteroatoms. The monoisotopic (exact) mass is 339 g/mol. The van der Waals surface area contributed by atoms with Crippen molar-refractivity contribution >= 4 is 46.6 Å². The number of hydrogen-bond acceptors (Lipinski definition) is 2. The van der Waals surface area contributed by atoms with Gasteiger partial charge in [-0.1, -0.05) is 47.5 Å². The number of hydrogen-bond donors (Lipinski definition) is 1. The lowest BCUT2D eigenvalue weighted by Gasteiger charge is -2.15. The lowest BCUT2D eigenvalue weighted by Crippen LogP contribution is -2.22. The molecule has 0 fully saturated rings. The van der Waals surface area contributed by atoms with Crippen LogP contribution in [0.4, 0.5) is 5.69 Å². The minimum atomic E-state index is -0.304. The van der Waals surface area contributed by atoms with Crippen molar-refractivity contribution < 1.29 is 4.79 Å². The summed E-state index contributed by atoms with van der Waals surface area (Å²) in [5.41, 5.74) is 1.85. The second-order valence-corrected chi connectivity index (χ2v) is 6.78. The zero-order valence-corrected chi connectivity index (χ0v) is 14.0. The third-order valence-corrected chi connectivity index (χ3v) is 5.08. The Bertz CT molecular complexity index is 640. The smallest absolute Gasteiger partial charge is 0.237 e. The van der Waals surface area contributed by atoms with Gasteiger partial charge < -0.3 is 5.32 Å². The van der Waals surface area contributed by atoms with E-state index in [2.05, 4.69) is 5.32 Å². The van der Waals surface area contributed by atoms with Crippen LogP contribution in [-0.2, 0) is 4.79 Å². The Morgan fingerprint density at radius 1 is 1.10 bits per heavy atom. The standard InChI is InChI=1S/C16H15Cl2NOS/c1-10-6-3-4-9-14(10)19-16(20)11(2)21-15-12(17)7-5-8-13(15)18/h3-9,11H,1-2H3,(H,19,20). The van der Waals surface area contributed by atoms with E-state index in [0.717, 1.165) is 16.1 Å². The highest BCUT2D eigenvalue weighted by Gasteiger charge is 2.18. The van der Waals surface area contributed by atoms with Gasteiger partial charge >= 0.3 is 0 Å². The van der Waals surface area contributed by atoms with Crippen LogP contribution in [0.1, 0.15) is 12.5 Å². The maximum atomic E-state index is 12.3. The molecule has 0 heterocycles. The molecule has 2 aromatic carbocycles. The molecule has 0 aromatic heterocycles. The van der Waals surface area contributed by atoms with Crippen LogP contribution in [0.3, 0.4) is 0 Å². The minimum absolute atomic E-state index is 0.0784. The van der Waals surface area contributed by atoms with Gasteiger partial charge in [0.25, 0.3) is 0 Å². The molecular weight excluding hydrogens is 325 g/mol. The van der Waals surface area contributed by atoms with Gasteiger partial charge in [-0.25, -0.2) is 0 Å². The van der Waals surface area contributed by atoms with E-state index in [1.54, 1.807) is 18.2 Å². The van der Waals surface area contributed by atoms with Gasteiger partial charge in [0.1, 0.15) is 0 Å². The van der Waals surface area contributed by atoms with Gasteiger partial charge in [0.15, 0.2) is 0 Å². The van der Waals surface area contributed by atoms with E-state index in [0.29, 0.717) is 10.0 Å². The molecule has 1 atom stereocenters. The van der Waals surface area contributed by atoms with E-state index in [1.807, 2.05) is 38.1 Å². The number of halogens is 2. The van der Waals surface area contributed by atoms with Crippen LogP contribution in [0.15, 0.2) is 47.4 Å². The first-order chi connectivity index (χ1) is 9.99. The molecule has 0 saturated heterocycles. The number of carbonyl (C=O) groups excluding carboxylic acids is 1. The van der Waals surface area contributed by atoms with Crippen molar-refractivity contribution in [1.82, 2.24) is 0 Å². The van der Waals surface area contributed by atoms with Crippen molar-refractivity contribution in [3.63, 3.8) is 0 Å². The van der Waals surface area contributed by atoms with Crippen LogP contribution in [0.25, 0.3) is 0 Å². The maximum Gasteiger partial charge on any atom is 0.237 e. The Labute approximate surface area is 138 Å². The molecule has 0 aliphatic rings. The number of benzene rings is 2. The Morgan fingerprint density at radius 2 is 1.71 bits per heavy atom. The average Bonchev–Trinajstić information content (AvgIpc) is 2.45. The lowest BCUT2D eigenvalue weighted by atomic mass is 10.2. The van der Waals surface area contributed by atoms with Crippen molar-refractivity contribution in [3.8, 4) is 0 Å². The first-order valence-corrected chi connectivity index (χ1v) is 8.09. The normalized spacial score (nSPS) is 12.0. The summed E-state index contributed by atoms with van der Waals surface area (Å²) in [6.07, 6.45) is 0. The highest BCUT2D eigenvalue weighted by atomic mass is 35.5. The number of aryl methyl sites for hydroxylation is 1. The fourth-order valence-corrected chi connectivity index (χ4v) is 3.32. The number of amides is 1. The van der Waals surface area contributed by atoms with Gasteiger partial charge in [-0.3, -0.25) is 4.79 Å². The Kier molecular flexibility index (Phi) is 5.57. The summed E-state index contributed by atoms with van der Waals surface area (Å²) in [4.78, 5) is 13.0. The topological polar surface area (TPSA) is 29.1 Å². The molecule has 0 spiro atoms. The van der Waals surface area contributed by atoms with E-state index in [1.165, 1.54) is 11.8 Å². The first kappa shape index (κ1) is 16.2. The van der Waals surface area contributed by atoms with E-state index in [4.69, 9.17) is 23.2 Å². The number of para-hydroxylation sites is 1. The molecular formula is C16H15Cl2NOS. The molecule has 0 radical (unpaired) electrons. The molecule has 2 aromatic rings. The predicted octanol–water partition coefficient (Wildman–Crippen LogP) is 5.42. The van der Waals surface area contributed by atoms with Gasteiger partial charge in [0.05, 0.1) is 15.3 Å². The predicted molar refractivity (Wildman–Crippen MR) is 91.6 cm³/mol. The molecule has 0 aliphatic carbocycles. The molecule has 1 amide bonds. The number of carbonyl (C=O) groups is 1. The number of nitrogens with one attached hydrogen (secondary N) is 1. The molecule has 21 heavy (non-hydrogen) atoms. The van der Waals surface area contributed by atoms with E-state index in [9.17, 15) is 4.79 Å². The van der Waals surface area contributed by atoms with E-state index < -0.39 is 0 Å². The largest absolute Gasteiger partial charge is 0.325 e. The average molecular weight is 340 g/mol. The van der Waals surface area contributed by atoms with Gasteiger partial charge in [-0.05, 0) is 37.6 Å². The van der Waals surface area contributed by atoms with E-state index >= 15 is 0 Å². The third-order valence-electron chi connectivity index (χ3n) is 2.99. The molecule has 2 nitrogen and oxygen atoms in total. The van der Waals surface area contributed by atoms with Crippen LogP contribution in [0, 0.1) is 6.92 Å². The second-order valence-electron chi connectivity index (χ2n) is 4.62. The number of thioether (sulfide) groups is 1. The fraction of sp³-hybridized carbons (Fsp3) is 0.188. The quantitative estimate of drug-likeness (QED) is 0.753. The SMILES string of the molecule is Cc1ccccc1NC(=O)C(C)Sc1c(Cl)cccc1Cl. The molecule has 0 saturated carbocycles. The summed E-state index contributed by atoms with van der Waals surface area (Å²) in [7, 11) is 0. The zero-order chi connectivity index (χ0) is 15.4. The van der Waals surface area contributed by atoms with Crippen molar-refractivity contribution in [1.29, 1.82) is 0 Å². The summed E-state index contributed by atoms with van der Waals surface area (Å²) in [5, 5.41) is 3.74. The molecule has 2 rings (SSSR count). The molecule has 1 unspecified atom stereocenters. The maximum absolute atomic E-state index is 12.3. The van der Waals surface area contributed by atoms with Gasteiger partial charge in [0, 0.05) is 10.6 Å². The van der Waals surface area contributed by atoms with Crippen molar-refractivity contribution in [2.24, 2.45) is 0 Å². The Hall–Kier alpha value is -1.16. The van der Waals surface area contributed by atoms with Crippen molar-refractivity contribution in [3.05, 3.63) is 58.1 Å². The Balaban J connectivity index is 2.08.